The molecular formula is C27H29F3N4O2S. The van der Waals surface area contributed by atoms with E-state index in [1.807, 2.05) is 23.7 Å². The summed E-state index contributed by atoms with van der Waals surface area (Å²) in [4.78, 5) is 14.6. The lowest BCUT2D eigenvalue weighted by Crippen LogP contribution is -2.28. The third kappa shape index (κ3) is 5.01. The van der Waals surface area contributed by atoms with Crippen molar-refractivity contribution in [3.8, 4) is 17.1 Å². The first kappa shape index (κ1) is 25.8. The highest BCUT2D eigenvalue weighted by molar-refractivity contribution is 7.99. The number of nitrogens with zero attached hydrogens (tertiary/aromatic N) is 4. The summed E-state index contributed by atoms with van der Waals surface area (Å²) in [7, 11) is 3.42. The van der Waals surface area contributed by atoms with Gasteiger partial charge in [0.15, 0.2) is 16.8 Å². The number of halogens is 3. The second-order valence-corrected chi connectivity index (χ2v) is 11.0. The van der Waals surface area contributed by atoms with Crippen molar-refractivity contribution in [3.63, 3.8) is 0 Å². The molecule has 0 amide bonds. The number of methoxy groups -OCH3 is 1. The van der Waals surface area contributed by atoms with Gasteiger partial charge in [0, 0.05) is 36.9 Å². The van der Waals surface area contributed by atoms with Crippen molar-refractivity contribution in [2.24, 2.45) is 13.0 Å². The van der Waals surface area contributed by atoms with Crippen LogP contribution in [0.2, 0.25) is 0 Å². The monoisotopic (exact) mass is 530 g/mol. The van der Waals surface area contributed by atoms with Crippen molar-refractivity contribution in [1.82, 2.24) is 19.7 Å². The second kappa shape index (κ2) is 9.79. The van der Waals surface area contributed by atoms with Crippen molar-refractivity contribution >= 4 is 17.5 Å². The normalized spacial score (nSPS) is 21.2. The second-order valence-electron chi connectivity index (χ2n) is 9.91. The number of alkyl halides is 3. The van der Waals surface area contributed by atoms with E-state index < -0.39 is 11.7 Å². The Morgan fingerprint density at radius 2 is 1.95 bits per heavy atom. The van der Waals surface area contributed by atoms with E-state index in [1.54, 1.807) is 25.8 Å². The largest absolute Gasteiger partial charge is 0.496 e. The fourth-order valence-electron chi connectivity index (χ4n) is 5.45. The van der Waals surface area contributed by atoms with Gasteiger partial charge in [0.2, 0.25) is 0 Å². The number of benzene rings is 2. The van der Waals surface area contributed by atoms with E-state index in [2.05, 4.69) is 21.2 Å². The molecule has 10 heteroatoms. The molecular weight excluding hydrogens is 501 g/mol. The third-order valence-electron chi connectivity index (χ3n) is 7.53. The van der Waals surface area contributed by atoms with E-state index in [9.17, 15) is 18.0 Å². The number of ether oxygens (including phenoxy) is 1. The summed E-state index contributed by atoms with van der Waals surface area (Å²) in [6.07, 6.45) is -2.22. The highest BCUT2D eigenvalue weighted by Gasteiger charge is 2.60. The zero-order valence-corrected chi connectivity index (χ0v) is 21.8. The van der Waals surface area contributed by atoms with E-state index >= 15 is 0 Å². The molecule has 1 aliphatic carbocycles. The Balaban J connectivity index is 1.14. The van der Waals surface area contributed by atoms with Crippen LogP contribution in [0.25, 0.3) is 11.4 Å². The maximum atomic E-state index is 12.8. The molecule has 2 fully saturated rings. The van der Waals surface area contributed by atoms with E-state index in [1.165, 1.54) is 17.7 Å². The maximum absolute atomic E-state index is 12.8. The van der Waals surface area contributed by atoms with Crippen LogP contribution in [-0.4, -0.2) is 57.9 Å². The lowest BCUT2D eigenvalue weighted by molar-refractivity contribution is -0.137. The number of aromatic nitrogens is 3. The average Bonchev–Trinajstić information content (AvgIpc) is 3.25. The van der Waals surface area contributed by atoms with Gasteiger partial charge in [-0.2, -0.15) is 13.2 Å². The van der Waals surface area contributed by atoms with Crippen LogP contribution in [0, 0.1) is 5.92 Å². The first-order valence-electron chi connectivity index (χ1n) is 12.2. The van der Waals surface area contributed by atoms with Crippen LogP contribution >= 0.6 is 11.8 Å². The van der Waals surface area contributed by atoms with E-state index in [4.69, 9.17) is 4.74 Å². The van der Waals surface area contributed by atoms with Gasteiger partial charge in [-0.1, -0.05) is 30.0 Å². The van der Waals surface area contributed by atoms with Crippen LogP contribution in [-0.2, 0) is 18.6 Å². The van der Waals surface area contributed by atoms with E-state index in [0.717, 1.165) is 55.5 Å². The Labute approximate surface area is 218 Å². The summed E-state index contributed by atoms with van der Waals surface area (Å²) in [5.41, 5.74) is 1.94. The van der Waals surface area contributed by atoms with Gasteiger partial charge in [0.1, 0.15) is 5.75 Å². The SMILES string of the molecule is COc1ccc([C@]23C[C@H]2CN(CCCSc2nnc(-c4ccc(C(F)(F)F)cc4)n2C)C3)cc1C(C)=O. The molecule has 1 aromatic heterocycles. The fourth-order valence-corrected chi connectivity index (χ4v) is 6.28. The third-order valence-corrected chi connectivity index (χ3v) is 8.63. The van der Waals surface area contributed by atoms with Gasteiger partial charge in [0.05, 0.1) is 18.2 Å². The Morgan fingerprint density at radius 3 is 2.62 bits per heavy atom. The molecule has 0 bridgehead atoms. The Morgan fingerprint density at radius 1 is 1.19 bits per heavy atom. The highest BCUT2D eigenvalue weighted by atomic mass is 32.2. The predicted molar refractivity (Wildman–Crippen MR) is 136 cm³/mol. The number of hydrogen-bond acceptors (Lipinski definition) is 6. The summed E-state index contributed by atoms with van der Waals surface area (Å²) in [5, 5.41) is 9.17. The van der Waals surface area contributed by atoms with Gasteiger partial charge in [-0.15, -0.1) is 10.2 Å². The van der Waals surface area contributed by atoms with Gasteiger partial charge in [-0.3, -0.25) is 4.79 Å². The minimum absolute atomic E-state index is 0.0180. The number of thioether (sulfide) groups is 1. The first-order valence-corrected chi connectivity index (χ1v) is 13.2. The number of ketones is 1. The number of rotatable bonds is 9. The molecule has 0 N–H and O–H groups in total. The van der Waals surface area contributed by atoms with Crippen LogP contribution in [0.5, 0.6) is 5.75 Å². The first-order chi connectivity index (χ1) is 17.6. The smallest absolute Gasteiger partial charge is 0.416 e. The van der Waals surface area contributed by atoms with Crippen LogP contribution in [0.4, 0.5) is 13.2 Å². The summed E-state index contributed by atoms with van der Waals surface area (Å²) in [6, 6.07) is 11.0. The topological polar surface area (TPSA) is 60.2 Å². The molecule has 0 spiro atoms. The van der Waals surface area contributed by atoms with Gasteiger partial charge < -0.3 is 14.2 Å². The molecule has 196 valence electrons. The predicted octanol–water partition coefficient (Wildman–Crippen LogP) is 5.47. The molecule has 0 unspecified atom stereocenters. The molecule has 1 saturated heterocycles. The molecule has 2 aliphatic rings. The van der Waals surface area contributed by atoms with Crippen LogP contribution < -0.4 is 4.74 Å². The van der Waals surface area contributed by atoms with Crippen LogP contribution in [0.1, 0.15) is 41.3 Å². The molecule has 3 aromatic rings. The molecule has 2 atom stereocenters. The van der Waals surface area contributed by atoms with E-state index in [-0.39, 0.29) is 11.2 Å². The molecule has 6 nitrogen and oxygen atoms in total. The van der Waals surface area contributed by atoms with Crippen molar-refractivity contribution < 1.29 is 22.7 Å². The van der Waals surface area contributed by atoms with Gasteiger partial charge in [0.25, 0.3) is 0 Å². The number of piperidine rings is 1. The molecule has 5 rings (SSSR count). The number of Topliss-reactive ketones (excluding diaryl/α,β-unsaturated/α-hetero) is 1. The standard InChI is InChI=1S/C27H29F3N4O2S/c1-17(35)22-13-20(9-10-23(22)36-3)26-14-21(26)15-34(16-26)11-4-12-37-25-32-31-24(33(25)2)18-5-7-19(8-6-18)27(28,29)30/h5-10,13,21H,4,11-12,14-16H2,1-3H3/t21-,26+/m0/s1. The number of carbonyl (C=O) groups excluding carboxylic acids is 1. The Kier molecular flexibility index (Phi) is 6.83. The Bertz CT molecular complexity index is 1310. The lowest BCUT2D eigenvalue weighted by Gasteiger charge is -2.21. The lowest BCUT2D eigenvalue weighted by atomic mass is 9.92. The van der Waals surface area contributed by atoms with E-state index in [0.29, 0.717) is 28.6 Å². The minimum Gasteiger partial charge on any atom is -0.496 e. The molecule has 0 radical (unpaired) electrons. The molecule has 1 aliphatic heterocycles. The number of likely N-dealkylation sites (tertiary alicyclic amines) is 1. The Hall–Kier alpha value is -2.85. The van der Waals surface area contributed by atoms with Crippen LogP contribution in [0.15, 0.2) is 47.6 Å². The van der Waals surface area contributed by atoms with Gasteiger partial charge in [-0.25, -0.2) is 0 Å². The summed E-state index contributed by atoms with van der Waals surface area (Å²) in [6.45, 7) is 4.61. The molecule has 2 aromatic carbocycles. The number of fused-ring (bicyclic) bond motifs is 1. The zero-order chi connectivity index (χ0) is 26.4. The number of hydrogen-bond donors (Lipinski definition) is 0. The fraction of sp³-hybridized carbons (Fsp3) is 0.444. The van der Waals surface area contributed by atoms with Gasteiger partial charge >= 0.3 is 6.18 Å². The number of carbonyl (C=O) groups is 1. The van der Waals surface area contributed by atoms with Crippen LogP contribution in [0.3, 0.4) is 0 Å². The van der Waals surface area contributed by atoms with Crippen molar-refractivity contribution in [1.29, 1.82) is 0 Å². The summed E-state index contributed by atoms with van der Waals surface area (Å²) < 4.78 is 45.7. The minimum atomic E-state index is -4.36. The molecule has 1 saturated carbocycles. The van der Waals surface area contributed by atoms with Crippen molar-refractivity contribution in [3.05, 3.63) is 59.2 Å². The zero-order valence-electron chi connectivity index (χ0n) is 21.0. The van der Waals surface area contributed by atoms with Gasteiger partial charge in [-0.05, 0) is 62.1 Å². The summed E-state index contributed by atoms with van der Waals surface area (Å²) in [5.74, 6) is 2.68. The maximum Gasteiger partial charge on any atom is 0.416 e. The quantitative estimate of drug-likeness (QED) is 0.208. The molecule has 37 heavy (non-hydrogen) atoms. The van der Waals surface area contributed by atoms with Crippen molar-refractivity contribution in [2.45, 2.75) is 36.5 Å². The summed E-state index contributed by atoms with van der Waals surface area (Å²) >= 11 is 1.60. The molecule has 2 heterocycles. The van der Waals surface area contributed by atoms with Crippen molar-refractivity contribution in [2.75, 3.05) is 32.5 Å². The average molecular weight is 531 g/mol. The highest BCUT2D eigenvalue weighted by Crippen LogP contribution is 2.59.